The number of anilines is 1. The first kappa shape index (κ1) is 10.5. The molecule has 1 aromatic carbocycles. The lowest BCUT2D eigenvalue weighted by Gasteiger charge is -2.08. The van der Waals surface area contributed by atoms with Gasteiger partial charge in [0.15, 0.2) is 0 Å². The third-order valence-electron chi connectivity index (χ3n) is 1.86. The van der Waals surface area contributed by atoms with E-state index in [2.05, 4.69) is 10.7 Å². The monoisotopic (exact) mass is 193 g/mol. The molecule has 0 radical (unpaired) electrons. The molecule has 0 aromatic heterocycles. The summed E-state index contributed by atoms with van der Waals surface area (Å²) in [6, 6.07) is 7.13. The number of hydrogen-bond donors (Lipinski definition) is 3. The van der Waals surface area contributed by atoms with Crippen molar-refractivity contribution in [2.75, 3.05) is 12.0 Å². The summed E-state index contributed by atoms with van der Waals surface area (Å²) in [4.78, 5) is 11.6. The van der Waals surface area contributed by atoms with Crippen molar-refractivity contribution in [3.05, 3.63) is 29.8 Å². The predicted octanol–water partition coefficient (Wildman–Crippen LogP) is 1.11. The fourth-order valence-corrected chi connectivity index (χ4v) is 1.14. The second kappa shape index (κ2) is 5.24. The number of rotatable bonds is 4. The summed E-state index contributed by atoms with van der Waals surface area (Å²) in [5, 5.41) is 2.79. The highest BCUT2D eigenvalue weighted by atomic mass is 16.1. The number of hydrazine groups is 1. The quantitative estimate of drug-likeness (QED) is 0.495. The molecule has 1 amide bonds. The van der Waals surface area contributed by atoms with E-state index in [-0.39, 0.29) is 5.91 Å². The topological polar surface area (TPSA) is 67.2 Å². The second-order valence-corrected chi connectivity index (χ2v) is 2.95. The van der Waals surface area contributed by atoms with Crippen molar-refractivity contribution in [1.82, 2.24) is 5.32 Å². The Morgan fingerprint density at radius 3 is 2.79 bits per heavy atom. The highest BCUT2D eigenvalue weighted by Gasteiger charge is 2.08. The second-order valence-electron chi connectivity index (χ2n) is 2.95. The molecule has 0 heterocycles. The number of amides is 1. The number of benzene rings is 1. The summed E-state index contributed by atoms with van der Waals surface area (Å²) in [6.45, 7) is 2.69. The zero-order valence-electron chi connectivity index (χ0n) is 8.21. The van der Waals surface area contributed by atoms with Crippen LogP contribution in [0.15, 0.2) is 24.3 Å². The van der Waals surface area contributed by atoms with Crippen molar-refractivity contribution < 1.29 is 4.79 Å². The van der Waals surface area contributed by atoms with Gasteiger partial charge in [-0.3, -0.25) is 10.6 Å². The molecule has 0 atom stereocenters. The van der Waals surface area contributed by atoms with Crippen LogP contribution in [-0.4, -0.2) is 12.5 Å². The summed E-state index contributed by atoms with van der Waals surface area (Å²) >= 11 is 0. The van der Waals surface area contributed by atoms with E-state index in [0.717, 1.165) is 6.42 Å². The molecule has 0 unspecified atom stereocenters. The maximum absolute atomic E-state index is 11.6. The van der Waals surface area contributed by atoms with Gasteiger partial charge in [0.05, 0.1) is 11.3 Å². The van der Waals surface area contributed by atoms with Crippen molar-refractivity contribution in [2.24, 2.45) is 5.84 Å². The third-order valence-corrected chi connectivity index (χ3v) is 1.86. The lowest BCUT2D eigenvalue weighted by Crippen LogP contribution is -2.25. The third kappa shape index (κ3) is 2.47. The molecule has 1 aromatic rings. The Balaban J connectivity index is 2.78. The van der Waals surface area contributed by atoms with Crippen molar-refractivity contribution in [2.45, 2.75) is 13.3 Å². The van der Waals surface area contributed by atoms with E-state index in [4.69, 9.17) is 5.84 Å². The molecule has 4 heteroatoms. The number of para-hydroxylation sites is 1. The van der Waals surface area contributed by atoms with Gasteiger partial charge in [0.2, 0.25) is 0 Å². The first-order chi connectivity index (χ1) is 6.79. The molecular weight excluding hydrogens is 178 g/mol. The maximum Gasteiger partial charge on any atom is 0.253 e. The van der Waals surface area contributed by atoms with Crippen LogP contribution in [0.2, 0.25) is 0 Å². The first-order valence-corrected chi connectivity index (χ1v) is 4.63. The lowest BCUT2D eigenvalue weighted by atomic mass is 10.1. The molecule has 0 saturated carbocycles. The van der Waals surface area contributed by atoms with Crippen LogP contribution >= 0.6 is 0 Å². The number of carbonyl (C=O) groups excluding carboxylic acids is 1. The van der Waals surface area contributed by atoms with Crippen LogP contribution in [0.3, 0.4) is 0 Å². The summed E-state index contributed by atoms with van der Waals surface area (Å²) < 4.78 is 0. The molecule has 0 aliphatic carbocycles. The molecule has 0 fully saturated rings. The van der Waals surface area contributed by atoms with Crippen LogP contribution in [-0.2, 0) is 0 Å². The largest absolute Gasteiger partial charge is 0.352 e. The molecular formula is C10H15N3O. The van der Waals surface area contributed by atoms with Crippen LogP contribution in [0.4, 0.5) is 5.69 Å². The predicted molar refractivity (Wildman–Crippen MR) is 56.9 cm³/mol. The van der Waals surface area contributed by atoms with Gasteiger partial charge in [0.1, 0.15) is 0 Å². The van der Waals surface area contributed by atoms with E-state index < -0.39 is 0 Å². The molecule has 4 N–H and O–H groups in total. The zero-order chi connectivity index (χ0) is 10.4. The minimum absolute atomic E-state index is 0.0969. The van der Waals surface area contributed by atoms with Crippen LogP contribution in [0.25, 0.3) is 0 Å². The van der Waals surface area contributed by atoms with Crippen LogP contribution in [0.1, 0.15) is 23.7 Å². The Hall–Kier alpha value is -1.55. The van der Waals surface area contributed by atoms with Crippen molar-refractivity contribution in [3.63, 3.8) is 0 Å². The number of carbonyl (C=O) groups is 1. The van der Waals surface area contributed by atoms with Crippen molar-refractivity contribution >= 4 is 11.6 Å². The van der Waals surface area contributed by atoms with E-state index in [9.17, 15) is 4.79 Å². The molecule has 0 spiro atoms. The number of nitrogens with one attached hydrogen (secondary N) is 2. The van der Waals surface area contributed by atoms with E-state index >= 15 is 0 Å². The SMILES string of the molecule is CCCNC(=O)c1ccccc1NN. The van der Waals surface area contributed by atoms with Gasteiger partial charge in [-0.25, -0.2) is 0 Å². The Bertz CT molecular complexity index is 312. The van der Waals surface area contributed by atoms with E-state index in [1.165, 1.54) is 0 Å². The van der Waals surface area contributed by atoms with E-state index in [1.807, 2.05) is 19.1 Å². The van der Waals surface area contributed by atoms with Crippen LogP contribution in [0, 0.1) is 0 Å². The molecule has 76 valence electrons. The van der Waals surface area contributed by atoms with Crippen LogP contribution < -0.4 is 16.6 Å². The maximum atomic E-state index is 11.6. The molecule has 0 saturated heterocycles. The van der Waals surface area contributed by atoms with Gasteiger partial charge in [-0.05, 0) is 18.6 Å². The van der Waals surface area contributed by atoms with Gasteiger partial charge in [-0.2, -0.15) is 0 Å². The molecule has 0 aliphatic rings. The van der Waals surface area contributed by atoms with Gasteiger partial charge in [0, 0.05) is 6.54 Å². The summed E-state index contributed by atoms with van der Waals surface area (Å²) in [5.41, 5.74) is 3.70. The van der Waals surface area contributed by atoms with Gasteiger partial charge in [0.25, 0.3) is 5.91 Å². The van der Waals surface area contributed by atoms with Gasteiger partial charge >= 0.3 is 0 Å². The van der Waals surface area contributed by atoms with Gasteiger partial charge < -0.3 is 10.7 Å². The van der Waals surface area contributed by atoms with Crippen LogP contribution in [0.5, 0.6) is 0 Å². The van der Waals surface area contributed by atoms with Crippen molar-refractivity contribution in [3.8, 4) is 0 Å². The highest BCUT2D eigenvalue weighted by Crippen LogP contribution is 2.12. The van der Waals surface area contributed by atoms with E-state index in [0.29, 0.717) is 17.8 Å². The zero-order valence-corrected chi connectivity index (χ0v) is 8.21. The Morgan fingerprint density at radius 2 is 2.14 bits per heavy atom. The molecule has 0 bridgehead atoms. The number of nitrogen functional groups attached to an aromatic ring is 1. The average Bonchev–Trinajstić information content (AvgIpc) is 2.25. The molecule has 1 rings (SSSR count). The number of hydrogen-bond acceptors (Lipinski definition) is 3. The van der Waals surface area contributed by atoms with Crippen molar-refractivity contribution in [1.29, 1.82) is 0 Å². The first-order valence-electron chi connectivity index (χ1n) is 4.63. The standard InChI is InChI=1S/C10H15N3O/c1-2-7-12-10(14)8-5-3-4-6-9(8)13-11/h3-6,13H,2,7,11H2,1H3,(H,12,14). The normalized spacial score (nSPS) is 9.57. The molecule has 14 heavy (non-hydrogen) atoms. The highest BCUT2D eigenvalue weighted by molar-refractivity contribution is 5.99. The fourth-order valence-electron chi connectivity index (χ4n) is 1.14. The summed E-state index contributed by atoms with van der Waals surface area (Å²) in [6.07, 6.45) is 0.921. The minimum atomic E-state index is -0.0969. The Morgan fingerprint density at radius 1 is 1.43 bits per heavy atom. The minimum Gasteiger partial charge on any atom is -0.352 e. The average molecular weight is 193 g/mol. The summed E-state index contributed by atoms with van der Waals surface area (Å²) in [5.74, 6) is 5.19. The molecule has 4 nitrogen and oxygen atoms in total. The molecule has 0 aliphatic heterocycles. The Labute approximate surface area is 83.5 Å². The summed E-state index contributed by atoms with van der Waals surface area (Å²) in [7, 11) is 0. The van der Waals surface area contributed by atoms with Gasteiger partial charge in [-0.1, -0.05) is 19.1 Å². The Kier molecular flexibility index (Phi) is 3.94. The smallest absolute Gasteiger partial charge is 0.253 e. The number of nitrogens with two attached hydrogens (primary N) is 1. The van der Waals surface area contributed by atoms with Gasteiger partial charge in [-0.15, -0.1) is 0 Å². The fraction of sp³-hybridized carbons (Fsp3) is 0.300. The van der Waals surface area contributed by atoms with E-state index in [1.54, 1.807) is 12.1 Å². The lowest BCUT2D eigenvalue weighted by molar-refractivity contribution is 0.0954.